The summed E-state index contributed by atoms with van der Waals surface area (Å²) in [6, 6.07) is 16.9. The van der Waals surface area contributed by atoms with Crippen molar-refractivity contribution in [2.24, 2.45) is 10.2 Å². The van der Waals surface area contributed by atoms with E-state index in [0.717, 1.165) is 0 Å². The number of methoxy groups -OCH3 is 2. The maximum absolute atomic E-state index is 12.2. The molecule has 9 heteroatoms. The molecular formula is C22H19N3O6. The van der Waals surface area contributed by atoms with Crippen LogP contribution in [0.15, 0.2) is 77.0 Å². The van der Waals surface area contributed by atoms with Crippen LogP contribution in [0, 0.1) is 0 Å². The lowest BCUT2D eigenvalue weighted by Gasteiger charge is -2.10. The second kappa shape index (κ2) is 9.88. The lowest BCUT2D eigenvalue weighted by atomic mass is 10.2. The molecule has 0 aliphatic rings. The van der Waals surface area contributed by atoms with Crippen LogP contribution in [0.3, 0.4) is 0 Å². The predicted molar refractivity (Wildman–Crippen MR) is 112 cm³/mol. The summed E-state index contributed by atoms with van der Waals surface area (Å²) in [6.45, 7) is 0. The maximum Gasteiger partial charge on any atom is 0.362 e. The van der Waals surface area contributed by atoms with Crippen molar-refractivity contribution in [2.45, 2.75) is 0 Å². The number of benzene rings is 3. The number of aromatic hydroxyl groups is 1. The lowest BCUT2D eigenvalue weighted by Crippen LogP contribution is -2.11. The minimum absolute atomic E-state index is 0.0286. The van der Waals surface area contributed by atoms with Gasteiger partial charge in [0.2, 0.25) is 0 Å². The molecule has 0 atom stereocenters. The van der Waals surface area contributed by atoms with Gasteiger partial charge in [-0.1, -0.05) is 6.07 Å². The van der Waals surface area contributed by atoms with E-state index in [2.05, 4.69) is 15.7 Å². The largest absolute Gasteiger partial charge is 0.508 e. The number of rotatable bonds is 7. The van der Waals surface area contributed by atoms with Crippen LogP contribution < -0.4 is 15.0 Å². The average Bonchev–Trinajstić information content (AvgIpc) is 2.81. The van der Waals surface area contributed by atoms with Crippen LogP contribution in [-0.4, -0.2) is 31.2 Å². The number of anilines is 1. The maximum atomic E-state index is 12.2. The number of nitrogens with one attached hydrogen (secondary N) is 1. The van der Waals surface area contributed by atoms with Crippen molar-refractivity contribution in [3.8, 4) is 17.2 Å². The Hall–Kier alpha value is -4.40. The molecule has 2 N–H and O–H groups in total. The molecule has 0 aliphatic heterocycles. The Morgan fingerprint density at radius 1 is 0.871 bits per heavy atom. The van der Waals surface area contributed by atoms with Crippen molar-refractivity contribution < 1.29 is 29.0 Å². The van der Waals surface area contributed by atoms with E-state index in [4.69, 9.17) is 14.3 Å². The third kappa shape index (κ3) is 5.57. The topological polar surface area (TPSA) is 119 Å². The molecule has 0 saturated heterocycles. The van der Waals surface area contributed by atoms with Crippen LogP contribution in [0.5, 0.6) is 17.2 Å². The number of nitrogens with zero attached hydrogens (tertiary/aromatic N) is 2. The molecule has 158 valence electrons. The van der Waals surface area contributed by atoms with Crippen LogP contribution in [0.4, 0.5) is 11.4 Å². The van der Waals surface area contributed by atoms with Gasteiger partial charge in [-0.05, 0) is 60.7 Å². The van der Waals surface area contributed by atoms with Crippen molar-refractivity contribution in [2.75, 3.05) is 19.7 Å². The van der Waals surface area contributed by atoms with E-state index >= 15 is 0 Å². The number of ether oxygens (including phenoxy) is 2. The molecule has 3 aromatic carbocycles. The first-order chi connectivity index (χ1) is 15.0. The molecule has 0 heterocycles. The number of hydrogen-bond acceptors (Lipinski definition) is 8. The third-order valence-corrected chi connectivity index (χ3v) is 4.10. The smallest absolute Gasteiger partial charge is 0.362 e. The molecule has 0 bridgehead atoms. The minimum Gasteiger partial charge on any atom is -0.508 e. The van der Waals surface area contributed by atoms with Crippen molar-refractivity contribution in [3.05, 3.63) is 77.9 Å². The Labute approximate surface area is 177 Å². The zero-order valence-electron chi connectivity index (χ0n) is 16.7. The molecule has 31 heavy (non-hydrogen) atoms. The van der Waals surface area contributed by atoms with Gasteiger partial charge in [-0.3, -0.25) is 4.79 Å². The van der Waals surface area contributed by atoms with Gasteiger partial charge in [0.25, 0.3) is 5.91 Å². The summed E-state index contributed by atoms with van der Waals surface area (Å²) in [4.78, 5) is 29.3. The second-order valence-electron chi connectivity index (χ2n) is 6.16. The van der Waals surface area contributed by atoms with Gasteiger partial charge in [0.05, 0.1) is 31.2 Å². The van der Waals surface area contributed by atoms with E-state index < -0.39 is 11.9 Å². The van der Waals surface area contributed by atoms with E-state index in [1.54, 1.807) is 42.5 Å². The fourth-order valence-corrected chi connectivity index (χ4v) is 2.52. The standard InChI is InChI=1S/C22H19N3O6/c1-29-19-11-6-15(13-20(19)30-2)22(28)31-25-17-9-7-16(8-10-17)23-24-21(27)14-4-3-5-18(26)12-14/h3-13,25-26H,1-2H3. The molecule has 3 aromatic rings. The fourth-order valence-electron chi connectivity index (χ4n) is 2.52. The number of amides is 1. The van der Waals surface area contributed by atoms with E-state index in [1.807, 2.05) is 0 Å². The molecule has 0 unspecified atom stereocenters. The van der Waals surface area contributed by atoms with Crippen molar-refractivity contribution in [1.82, 2.24) is 0 Å². The first-order valence-electron chi connectivity index (χ1n) is 9.04. The molecule has 0 aromatic heterocycles. The summed E-state index contributed by atoms with van der Waals surface area (Å²) in [5, 5.41) is 16.9. The van der Waals surface area contributed by atoms with E-state index in [0.29, 0.717) is 22.9 Å². The number of phenols is 1. The summed E-state index contributed by atoms with van der Waals surface area (Å²) in [6.07, 6.45) is 0. The molecule has 1 amide bonds. The Morgan fingerprint density at radius 3 is 2.29 bits per heavy atom. The van der Waals surface area contributed by atoms with Crippen LogP contribution in [0.25, 0.3) is 0 Å². The lowest BCUT2D eigenvalue weighted by molar-refractivity contribution is 0.0596. The van der Waals surface area contributed by atoms with Crippen LogP contribution in [-0.2, 0) is 4.84 Å². The Kier molecular flexibility index (Phi) is 6.79. The van der Waals surface area contributed by atoms with Gasteiger partial charge in [-0.15, -0.1) is 10.2 Å². The average molecular weight is 421 g/mol. The molecule has 0 aliphatic carbocycles. The second-order valence-corrected chi connectivity index (χ2v) is 6.16. The summed E-state index contributed by atoms with van der Waals surface area (Å²) in [7, 11) is 2.98. The molecule has 0 saturated carbocycles. The summed E-state index contributed by atoms with van der Waals surface area (Å²) >= 11 is 0. The highest BCUT2D eigenvalue weighted by Crippen LogP contribution is 2.28. The van der Waals surface area contributed by atoms with E-state index in [1.165, 1.54) is 38.5 Å². The Bertz CT molecular complexity index is 1110. The summed E-state index contributed by atoms with van der Waals surface area (Å²) in [5.41, 5.74) is 3.96. The molecule has 0 spiro atoms. The zero-order chi connectivity index (χ0) is 22.2. The van der Waals surface area contributed by atoms with Gasteiger partial charge in [-0.25, -0.2) is 10.3 Å². The quantitative estimate of drug-likeness (QED) is 0.425. The molecule has 9 nitrogen and oxygen atoms in total. The highest BCUT2D eigenvalue weighted by atomic mass is 16.7. The van der Waals surface area contributed by atoms with Crippen molar-refractivity contribution in [3.63, 3.8) is 0 Å². The highest BCUT2D eigenvalue weighted by molar-refractivity contribution is 5.95. The number of carbonyl (C=O) groups is 2. The monoisotopic (exact) mass is 421 g/mol. The van der Waals surface area contributed by atoms with Gasteiger partial charge in [0.15, 0.2) is 11.5 Å². The van der Waals surface area contributed by atoms with E-state index in [-0.39, 0.29) is 16.9 Å². The Balaban J connectivity index is 1.58. The third-order valence-electron chi connectivity index (χ3n) is 4.10. The first kappa shape index (κ1) is 21.3. The molecule has 0 radical (unpaired) electrons. The molecular weight excluding hydrogens is 402 g/mol. The number of phenolic OH excluding ortho intramolecular Hbond substituents is 1. The fraction of sp³-hybridized carbons (Fsp3) is 0.0909. The van der Waals surface area contributed by atoms with Gasteiger partial charge in [-0.2, -0.15) is 0 Å². The van der Waals surface area contributed by atoms with Gasteiger partial charge < -0.3 is 19.4 Å². The highest BCUT2D eigenvalue weighted by Gasteiger charge is 2.12. The van der Waals surface area contributed by atoms with Gasteiger partial charge in [0, 0.05) is 5.56 Å². The van der Waals surface area contributed by atoms with Gasteiger partial charge >= 0.3 is 5.97 Å². The Morgan fingerprint density at radius 2 is 1.61 bits per heavy atom. The van der Waals surface area contributed by atoms with Gasteiger partial charge in [0.1, 0.15) is 5.75 Å². The van der Waals surface area contributed by atoms with Crippen molar-refractivity contribution in [1.29, 1.82) is 0 Å². The molecule has 0 fully saturated rings. The van der Waals surface area contributed by atoms with Crippen LogP contribution >= 0.6 is 0 Å². The van der Waals surface area contributed by atoms with Crippen LogP contribution in [0.1, 0.15) is 20.7 Å². The summed E-state index contributed by atoms with van der Waals surface area (Å²) < 4.78 is 10.3. The van der Waals surface area contributed by atoms with Crippen LogP contribution in [0.2, 0.25) is 0 Å². The minimum atomic E-state index is -0.610. The number of hydrogen-bond donors (Lipinski definition) is 2. The normalized spacial score (nSPS) is 10.5. The SMILES string of the molecule is COc1ccc(C(=O)ONc2ccc(N=NC(=O)c3cccc(O)c3)cc2)cc1OC. The first-order valence-corrected chi connectivity index (χ1v) is 9.04. The summed E-state index contributed by atoms with van der Waals surface area (Å²) in [5.74, 6) is -0.311. The predicted octanol–water partition coefficient (Wildman–Crippen LogP) is 4.52. The molecule has 3 rings (SSSR count). The zero-order valence-corrected chi connectivity index (χ0v) is 16.7. The number of carbonyl (C=O) groups excluding carboxylic acids is 2. The number of azo groups is 1. The van der Waals surface area contributed by atoms with E-state index in [9.17, 15) is 14.7 Å². The van der Waals surface area contributed by atoms with Crippen molar-refractivity contribution >= 4 is 23.3 Å².